The molecule has 1 saturated heterocycles. The highest BCUT2D eigenvalue weighted by atomic mass is 35.5. The Balaban J connectivity index is 1.42. The number of thiophene rings is 1. The summed E-state index contributed by atoms with van der Waals surface area (Å²) >= 11 is 7.50. The molecule has 1 amide bonds. The van der Waals surface area contributed by atoms with Crippen LogP contribution in [0, 0.1) is 11.7 Å². The largest absolute Gasteiger partial charge is 0.355 e. The van der Waals surface area contributed by atoms with E-state index in [2.05, 4.69) is 26.6 Å². The lowest BCUT2D eigenvalue weighted by atomic mass is 9.96. The van der Waals surface area contributed by atoms with E-state index < -0.39 is 5.82 Å². The summed E-state index contributed by atoms with van der Waals surface area (Å²) in [6.45, 7) is 1.89. The minimum atomic E-state index is -0.454. The SMILES string of the molecule is O=C(NCc1ccc(F)c(Cl)c1)[C@@H]1CCCN(c2nccc3sccc23)C1. The van der Waals surface area contributed by atoms with Crippen molar-refractivity contribution in [1.82, 2.24) is 10.3 Å². The van der Waals surface area contributed by atoms with Crippen LogP contribution in [-0.2, 0) is 11.3 Å². The Morgan fingerprint density at radius 1 is 1.37 bits per heavy atom. The number of aromatic nitrogens is 1. The maximum Gasteiger partial charge on any atom is 0.225 e. The van der Waals surface area contributed by atoms with Gasteiger partial charge in [-0.25, -0.2) is 9.37 Å². The van der Waals surface area contributed by atoms with Gasteiger partial charge in [0, 0.05) is 35.9 Å². The van der Waals surface area contributed by atoms with Gasteiger partial charge in [-0.3, -0.25) is 4.79 Å². The Kier molecular flexibility index (Phi) is 5.27. The molecular formula is C20H19ClFN3OS. The highest BCUT2D eigenvalue weighted by Gasteiger charge is 2.27. The van der Waals surface area contributed by atoms with E-state index in [4.69, 9.17) is 11.6 Å². The molecule has 4 rings (SSSR count). The number of carbonyl (C=O) groups excluding carboxylic acids is 1. The van der Waals surface area contributed by atoms with Gasteiger partial charge >= 0.3 is 0 Å². The number of piperidine rings is 1. The smallest absolute Gasteiger partial charge is 0.225 e. The molecule has 7 heteroatoms. The van der Waals surface area contributed by atoms with Gasteiger partial charge in [-0.05, 0) is 48.1 Å². The van der Waals surface area contributed by atoms with Crippen molar-refractivity contribution < 1.29 is 9.18 Å². The molecule has 1 N–H and O–H groups in total. The first-order valence-electron chi connectivity index (χ1n) is 8.90. The average molecular weight is 404 g/mol. The zero-order valence-corrected chi connectivity index (χ0v) is 16.2. The van der Waals surface area contributed by atoms with Crippen LogP contribution < -0.4 is 10.2 Å². The second-order valence-corrected chi connectivity index (χ2v) is 8.07. The standard InChI is InChI=1S/C20H19ClFN3OS/c21-16-10-13(3-4-17(16)22)11-24-20(26)14-2-1-8-25(12-14)19-15-6-9-27-18(15)5-7-23-19/h3-7,9-10,14H,1-2,8,11-12H2,(H,24,26)/t14-/m1/s1. The van der Waals surface area contributed by atoms with Crippen molar-refractivity contribution in [1.29, 1.82) is 0 Å². The van der Waals surface area contributed by atoms with Crippen LogP contribution in [-0.4, -0.2) is 24.0 Å². The molecule has 140 valence electrons. The Morgan fingerprint density at radius 3 is 3.11 bits per heavy atom. The molecule has 1 aliphatic heterocycles. The van der Waals surface area contributed by atoms with E-state index in [-0.39, 0.29) is 16.8 Å². The lowest BCUT2D eigenvalue weighted by Gasteiger charge is -2.33. The molecule has 0 unspecified atom stereocenters. The summed E-state index contributed by atoms with van der Waals surface area (Å²) in [6.07, 6.45) is 3.63. The van der Waals surface area contributed by atoms with Gasteiger partial charge < -0.3 is 10.2 Å². The molecule has 0 bridgehead atoms. The minimum Gasteiger partial charge on any atom is -0.355 e. The Hall–Kier alpha value is -2.18. The zero-order chi connectivity index (χ0) is 18.8. The summed E-state index contributed by atoms with van der Waals surface area (Å²) < 4.78 is 14.5. The predicted molar refractivity (Wildman–Crippen MR) is 108 cm³/mol. The molecule has 3 heterocycles. The number of rotatable bonds is 4. The van der Waals surface area contributed by atoms with Gasteiger partial charge in [0.1, 0.15) is 11.6 Å². The van der Waals surface area contributed by atoms with Crippen LogP contribution in [0.5, 0.6) is 0 Å². The van der Waals surface area contributed by atoms with Gasteiger partial charge in [-0.2, -0.15) is 0 Å². The minimum absolute atomic E-state index is 0.0117. The second-order valence-electron chi connectivity index (χ2n) is 6.72. The monoisotopic (exact) mass is 403 g/mol. The fraction of sp³-hybridized carbons (Fsp3) is 0.300. The second kappa shape index (κ2) is 7.82. The number of anilines is 1. The number of carbonyl (C=O) groups is 1. The van der Waals surface area contributed by atoms with Gasteiger partial charge in [0.15, 0.2) is 0 Å². The van der Waals surface area contributed by atoms with Crippen molar-refractivity contribution in [2.45, 2.75) is 19.4 Å². The van der Waals surface area contributed by atoms with Crippen LogP contribution in [0.2, 0.25) is 5.02 Å². The molecule has 1 fully saturated rings. The quantitative estimate of drug-likeness (QED) is 0.691. The molecule has 3 aromatic rings. The third-order valence-electron chi connectivity index (χ3n) is 4.90. The molecule has 27 heavy (non-hydrogen) atoms. The number of nitrogens with one attached hydrogen (secondary N) is 1. The molecule has 0 aliphatic carbocycles. The van der Waals surface area contributed by atoms with Crippen molar-refractivity contribution in [3.05, 3.63) is 58.3 Å². The Morgan fingerprint density at radius 2 is 2.26 bits per heavy atom. The van der Waals surface area contributed by atoms with Crippen LogP contribution in [0.4, 0.5) is 10.2 Å². The van der Waals surface area contributed by atoms with E-state index in [0.29, 0.717) is 13.1 Å². The molecule has 2 aromatic heterocycles. The van der Waals surface area contributed by atoms with E-state index in [1.54, 1.807) is 23.5 Å². The topological polar surface area (TPSA) is 45.2 Å². The third kappa shape index (κ3) is 3.92. The molecule has 1 aromatic carbocycles. The van der Waals surface area contributed by atoms with Crippen LogP contribution in [0.3, 0.4) is 0 Å². The van der Waals surface area contributed by atoms with Crippen molar-refractivity contribution >= 4 is 44.7 Å². The molecule has 0 spiro atoms. The van der Waals surface area contributed by atoms with Crippen molar-refractivity contribution in [3.63, 3.8) is 0 Å². The summed E-state index contributed by atoms with van der Waals surface area (Å²) in [7, 11) is 0. The number of hydrogen-bond donors (Lipinski definition) is 1. The molecule has 1 atom stereocenters. The molecule has 4 nitrogen and oxygen atoms in total. The first-order valence-corrected chi connectivity index (χ1v) is 10.2. The van der Waals surface area contributed by atoms with Crippen LogP contribution in [0.25, 0.3) is 10.1 Å². The lowest BCUT2D eigenvalue weighted by molar-refractivity contribution is -0.125. The highest BCUT2D eigenvalue weighted by Crippen LogP contribution is 2.31. The summed E-state index contributed by atoms with van der Waals surface area (Å²) in [4.78, 5) is 19.4. The predicted octanol–water partition coefficient (Wildman–Crippen LogP) is 4.62. The summed E-state index contributed by atoms with van der Waals surface area (Å²) in [5.74, 6) is 0.421. The van der Waals surface area contributed by atoms with Gasteiger partial charge in [0.2, 0.25) is 5.91 Å². The number of nitrogens with zero attached hydrogens (tertiary/aromatic N) is 2. The van der Waals surface area contributed by atoms with Crippen molar-refractivity contribution in [2.24, 2.45) is 5.92 Å². The first-order chi connectivity index (χ1) is 13.1. The third-order valence-corrected chi connectivity index (χ3v) is 6.07. The van der Waals surface area contributed by atoms with Gasteiger partial charge in [-0.15, -0.1) is 11.3 Å². The van der Waals surface area contributed by atoms with E-state index in [1.165, 1.54) is 10.8 Å². The van der Waals surface area contributed by atoms with Crippen molar-refractivity contribution in [3.8, 4) is 0 Å². The maximum absolute atomic E-state index is 13.3. The summed E-state index contributed by atoms with van der Waals surface area (Å²) in [5.41, 5.74) is 0.784. The average Bonchev–Trinajstić information content (AvgIpc) is 3.17. The van der Waals surface area contributed by atoms with Crippen LogP contribution in [0.15, 0.2) is 41.9 Å². The Bertz CT molecular complexity index is 977. The van der Waals surface area contributed by atoms with Crippen molar-refractivity contribution in [2.75, 3.05) is 18.0 Å². The van der Waals surface area contributed by atoms with Crippen LogP contribution in [0.1, 0.15) is 18.4 Å². The molecule has 0 saturated carbocycles. The van der Waals surface area contributed by atoms with E-state index in [1.807, 2.05) is 12.3 Å². The number of fused-ring (bicyclic) bond motifs is 1. The summed E-state index contributed by atoms with van der Waals surface area (Å²) in [5, 5.41) is 6.23. The highest BCUT2D eigenvalue weighted by molar-refractivity contribution is 7.17. The lowest BCUT2D eigenvalue weighted by Crippen LogP contribution is -2.43. The fourth-order valence-electron chi connectivity index (χ4n) is 3.50. The molecular weight excluding hydrogens is 385 g/mol. The molecule has 1 aliphatic rings. The number of benzene rings is 1. The van der Waals surface area contributed by atoms with Gasteiger partial charge in [0.25, 0.3) is 0 Å². The van der Waals surface area contributed by atoms with E-state index in [0.717, 1.165) is 36.2 Å². The van der Waals surface area contributed by atoms with E-state index >= 15 is 0 Å². The Labute approximate surface area is 166 Å². The summed E-state index contributed by atoms with van der Waals surface area (Å²) in [6, 6.07) is 8.61. The molecule has 0 radical (unpaired) electrons. The van der Waals surface area contributed by atoms with E-state index in [9.17, 15) is 9.18 Å². The number of halogens is 2. The fourth-order valence-corrected chi connectivity index (χ4v) is 4.48. The van der Waals surface area contributed by atoms with Crippen LogP contribution >= 0.6 is 22.9 Å². The van der Waals surface area contributed by atoms with Gasteiger partial charge in [-0.1, -0.05) is 17.7 Å². The normalized spacial score (nSPS) is 17.3. The van der Waals surface area contributed by atoms with Gasteiger partial charge in [0.05, 0.1) is 10.9 Å². The first kappa shape index (κ1) is 18.2. The number of amides is 1. The zero-order valence-electron chi connectivity index (χ0n) is 14.6. The maximum atomic E-state index is 13.3. The number of hydrogen-bond acceptors (Lipinski definition) is 4. The number of pyridine rings is 1.